The number of hydrogen-bond donors (Lipinski definition) is 0. The van der Waals surface area contributed by atoms with Gasteiger partial charge in [0.25, 0.3) is 0 Å². The Balaban J connectivity index is 1.46. The van der Waals surface area contributed by atoms with Crippen LogP contribution in [-0.2, 0) is 20.8 Å². The lowest BCUT2D eigenvalue weighted by Gasteiger charge is -2.34. The van der Waals surface area contributed by atoms with Crippen LogP contribution >= 0.6 is 0 Å². The maximum absolute atomic E-state index is 13.5. The van der Waals surface area contributed by atoms with Crippen molar-refractivity contribution in [3.8, 4) is 0 Å². The Kier molecular flexibility index (Phi) is 4.48. The molecule has 2 aliphatic carbocycles. The van der Waals surface area contributed by atoms with Gasteiger partial charge in [-0.3, -0.25) is 19.3 Å². The molecule has 0 radical (unpaired) electrons. The van der Waals surface area contributed by atoms with Gasteiger partial charge in [0.05, 0.1) is 11.8 Å². The maximum atomic E-state index is 13.5. The lowest BCUT2D eigenvalue weighted by Crippen LogP contribution is -2.53. The van der Waals surface area contributed by atoms with E-state index in [1.54, 1.807) is 0 Å². The van der Waals surface area contributed by atoms with Crippen molar-refractivity contribution < 1.29 is 14.4 Å². The van der Waals surface area contributed by atoms with E-state index in [9.17, 15) is 14.4 Å². The van der Waals surface area contributed by atoms with E-state index in [0.717, 1.165) is 57.2 Å². The van der Waals surface area contributed by atoms with Crippen molar-refractivity contribution in [2.75, 3.05) is 13.1 Å². The van der Waals surface area contributed by atoms with E-state index >= 15 is 0 Å². The normalized spacial score (nSPS) is 32.7. The van der Waals surface area contributed by atoms with E-state index in [0.29, 0.717) is 18.3 Å². The molecule has 2 heterocycles. The lowest BCUT2D eigenvalue weighted by atomic mass is 9.81. The Morgan fingerprint density at radius 2 is 1.54 bits per heavy atom. The summed E-state index contributed by atoms with van der Waals surface area (Å²) in [5.41, 5.74) is 0.999. The van der Waals surface area contributed by atoms with Crippen LogP contribution in [0.2, 0.25) is 0 Å². The Bertz CT molecular complexity index is 758. The molecule has 0 aromatic heterocycles. The number of amides is 3. The standard InChI is InChI=1S/C23H28N2O3/c26-21(24-11-5-2-6-12-24)18(13-15-7-3-1-4-8-15)25-22(27)19-16-9-10-17(14-16)20(19)23(25)28/h1,3-4,7-8,16-20H,2,5-6,9-14H2/t16-,17+,18-,19-,20-/m0/s1. The van der Waals surface area contributed by atoms with Crippen LogP contribution in [0.25, 0.3) is 0 Å². The number of hydrogen-bond acceptors (Lipinski definition) is 3. The van der Waals surface area contributed by atoms with E-state index in [1.807, 2.05) is 35.2 Å². The summed E-state index contributed by atoms with van der Waals surface area (Å²) < 4.78 is 0. The SMILES string of the molecule is O=C([C@H](Cc1ccccc1)N1C(=O)[C@H]2[C@@H]3CC[C@@H](C3)[C@@H]2C1=O)N1CCCCC1. The van der Waals surface area contributed by atoms with Gasteiger partial charge in [-0.1, -0.05) is 30.3 Å². The van der Waals surface area contributed by atoms with Crippen LogP contribution in [0.4, 0.5) is 0 Å². The second-order valence-corrected chi connectivity index (χ2v) is 9.02. The van der Waals surface area contributed by atoms with Gasteiger partial charge >= 0.3 is 0 Å². The van der Waals surface area contributed by atoms with Gasteiger partial charge in [-0.05, 0) is 55.9 Å². The zero-order chi connectivity index (χ0) is 19.3. The minimum absolute atomic E-state index is 0.0439. The summed E-state index contributed by atoms with van der Waals surface area (Å²) in [5, 5.41) is 0. The molecule has 2 saturated carbocycles. The first-order valence-corrected chi connectivity index (χ1v) is 10.8. The predicted octanol–water partition coefficient (Wildman–Crippen LogP) is 2.64. The van der Waals surface area contributed by atoms with Crippen LogP contribution in [0.1, 0.15) is 44.1 Å². The van der Waals surface area contributed by atoms with Crippen molar-refractivity contribution in [1.82, 2.24) is 9.80 Å². The summed E-state index contributed by atoms with van der Waals surface area (Å²) >= 11 is 0. The first-order chi connectivity index (χ1) is 13.6. The maximum Gasteiger partial charge on any atom is 0.246 e. The number of fused-ring (bicyclic) bond motifs is 5. The van der Waals surface area contributed by atoms with Gasteiger partial charge in [-0.25, -0.2) is 0 Å². The van der Waals surface area contributed by atoms with Gasteiger partial charge in [0, 0.05) is 19.5 Å². The summed E-state index contributed by atoms with van der Waals surface area (Å²) in [4.78, 5) is 43.4. The Morgan fingerprint density at radius 1 is 0.929 bits per heavy atom. The van der Waals surface area contributed by atoms with Gasteiger partial charge in [0.15, 0.2) is 0 Å². The van der Waals surface area contributed by atoms with E-state index in [1.165, 1.54) is 4.90 Å². The monoisotopic (exact) mass is 380 g/mol. The Labute approximate surface area is 166 Å². The molecule has 0 unspecified atom stereocenters. The summed E-state index contributed by atoms with van der Waals surface area (Å²) in [7, 11) is 0. The third kappa shape index (κ3) is 2.78. The highest BCUT2D eigenvalue weighted by Crippen LogP contribution is 2.56. The summed E-state index contributed by atoms with van der Waals surface area (Å²) in [6.07, 6.45) is 6.70. The van der Waals surface area contributed by atoms with Crippen LogP contribution in [0.5, 0.6) is 0 Å². The van der Waals surface area contributed by atoms with Crippen LogP contribution in [0.3, 0.4) is 0 Å². The Hall–Kier alpha value is -2.17. The van der Waals surface area contributed by atoms with Gasteiger partial charge in [0.1, 0.15) is 6.04 Å². The molecule has 28 heavy (non-hydrogen) atoms. The van der Waals surface area contributed by atoms with Crippen molar-refractivity contribution >= 4 is 17.7 Å². The first-order valence-electron chi connectivity index (χ1n) is 10.8. The molecule has 2 saturated heterocycles. The molecule has 3 amide bonds. The highest BCUT2D eigenvalue weighted by atomic mass is 16.2. The minimum Gasteiger partial charge on any atom is -0.341 e. The first kappa shape index (κ1) is 17.9. The number of carbonyl (C=O) groups is 3. The second-order valence-electron chi connectivity index (χ2n) is 9.02. The third-order valence-electron chi connectivity index (χ3n) is 7.50. The molecule has 5 heteroatoms. The summed E-state index contributed by atoms with van der Waals surface area (Å²) in [5.74, 6) is 0.162. The van der Waals surface area contributed by atoms with Crippen LogP contribution in [0, 0.1) is 23.7 Å². The summed E-state index contributed by atoms with van der Waals surface area (Å²) in [6, 6.07) is 9.10. The van der Waals surface area contributed by atoms with Crippen molar-refractivity contribution in [2.24, 2.45) is 23.7 Å². The molecule has 2 bridgehead atoms. The van der Waals surface area contributed by atoms with Crippen LogP contribution in [0.15, 0.2) is 30.3 Å². The zero-order valence-electron chi connectivity index (χ0n) is 16.3. The topological polar surface area (TPSA) is 57.7 Å². The molecule has 148 valence electrons. The van der Waals surface area contributed by atoms with Crippen molar-refractivity contribution in [3.63, 3.8) is 0 Å². The molecule has 4 aliphatic rings. The van der Waals surface area contributed by atoms with E-state index in [-0.39, 0.29) is 29.6 Å². The van der Waals surface area contributed by atoms with Gasteiger partial charge in [0.2, 0.25) is 17.7 Å². The fraction of sp³-hybridized carbons (Fsp3) is 0.609. The average Bonchev–Trinajstić information content (AvgIpc) is 3.41. The van der Waals surface area contributed by atoms with Crippen molar-refractivity contribution in [3.05, 3.63) is 35.9 Å². The van der Waals surface area contributed by atoms with Gasteiger partial charge in [-0.15, -0.1) is 0 Å². The number of carbonyl (C=O) groups excluding carboxylic acids is 3. The van der Waals surface area contributed by atoms with E-state index in [2.05, 4.69) is 0 Å². The van der Waals surface area contributed by atoms with Crippen molar-refractivity contribution in [2.45, 2.75) is 51.0 Å². The second kappa shape index (κ2) is 7.02. The highest BCUT2D eigenvalue weighted by Gasteiger charge is 2.62. The van der Waals surface area contributed by atoms with E-state index in [4.69, 9.17) is 0 Å². The molecule has 1 aromatic rings. The molecular weight excluding hydrogens is 352 g/mol. The summed E-state index contributed by atoms with van der Waals surface area (Å²) in [6.45, 7) is 1.47. The smallest absolute Gasteiger partial charge is 0.246 e. The minimum atomic E-state index is -0.689. The number of nitrogens with zero attached hydrogens (tertiary/aromatic N) is 2. The van der Waals surface area contributed by atoms with Crippen molar-refractivity contribution in [1.29, 1.82) is 0 Å². The largest absolute Gasteiger partial charge is 0.341 e. The number of rotatable bonds is 4. The molecule has 5 nitrogen and oxygen atoms in total. The molecular formula is C23H28N2O3. The van der Waals surface area contributed by atoms with Crippen LogP contribution in [-0.4, -0.2) is 46.7 Å². The number of imide groups is 1. The third-order valence-corrected chi connectivity index (χ3v) is 7.50. The molecule has 2 aliphatic heterocycles. The van der Waals surface area contributed by atoms with Crippen LogP contribution < -0.4 is 0 Å². The lowest BCUT2D eigenvalue weighted by molar-refractivity contribution is -0.152. The molecule has 0 spiro atoms. The number of likely N-dealkylation sites (tertiary alicyclic amines) is 2. The Morgan fingerprint density at radius 3 is 2.14 bits per heavy atom. The quantitative estimate of drug-likeness (QED) is 0.755. The van der Waals surface area contributed by atoms with E-state index < -0.39 is 6.04 Å². The molecule has 5 rings (SSSR count). The fourth-order valence-electron chi connectivity index (χ4n) is 6.19. The van der Waals surface area contributed by atoms with Gasteiger partial charge in [-0.2, -0.15) is 0 Å². The number of piperidine rings is 1. The fourth-order valence-corrected chi connectivity index (χ4v) is 6.19. The highest BCUT2D eigenvalue weighted by molar-refractivity contribution is 6.09. The number of benzene rings is 1. The molecule has 5 atom stereocenters. The average molecular weight is 380 g/mol. The molecule has 4 fully saturated rings. The zero-order valence-corrected chi connectivity index (χ0v) is 16.3. The molecule has 0 N–H and O–H groups in total. The predicted molar refractivity (Wildman–Crippen MR) is 104 cm³/mol. The molecule has 1 aromatic carbocycles. The van der Waals surface area contributed by atoms with Gasteiger partial charge < -0.3 is 4.90 Å².